The van der Waals surface area contributed by atoms with E-state index >= 15 is 0 Å². The lowest BCUT2D eigenvalue weighted by Crippen LogP contribution is -2.23. The highest BCUT2D eigenvalue weighted by atomic mass is 16.6. The molecule has 0 aliphatic carbocycles. The molecule has 0 aromatic carbocycles. The molecule has 0 amide bonds. The lowest BCUT2D eigenvalue weighted by Gasteiger charge is -2.17. The number of ether oxygens (including phenoxy) is 1. The predicted octanol–water partition coefficient (Wildman–Crippen LogP) is 2.51. The van der Waals surface area contributed by atoms with E-state index in [0.29, 0.717) is 30.4 Å². The van der Waals surface area contributed by atoms with Crippen LogP contribution in [0, 0.1) is 16.0 Å². The minimum absolute atomic E-state index is 0.117. The highest BCUT2D eigenvalue weighted by Gasteiger charge is 2.30. The van der Waals surface area contributed by atoms with Gasteiger partial charge in [0.15, 0.2) is 0 Å². The maximum atomic E-state index is 11.3. The van der Waals surface area contributed by atoms with Crippen LogP contribution in [-0.4, -0.2) is 34.0 Å². The highest BCUT2D eigenvalue weighted by Crippen LogP contribution is 2.30. The first kappa shape index (κ1) is 15.8. The van der Waals surface area contributed by atoms with Gasteiger partial charge in [-0.1, -0.05) is 20.3 Å². The van der Waals surface area contributed by atoms with Crippen LogP contribution in [0.15, 0.2) is 0 Å². The van der Waals surface area contributed by atoms with Crippen LogP contribution in [0.3, 0.4) is 0 Å². The van der Waals surface area contributed by atoms with Crippen molar-refractivity contribution in [1.82, 2.24) is 9.78 Å². The predicted molar refractivity (Wildman–Crippen MR) is 80.5 cm³/mol. The summed E-state index contributed by atoms with van der Waals surface area (Å²) in [6.07, 6.45) is 3.68. The maximum Gasteiger partial charge on any atom is 0.333 e. The molecule has 7 nitrogen and oxygen atoms in total. The molecular weight excluding hydrogens is 272 g/mol. The van der Waals surface area contributed by atoms with Crippen molar-refractivity contribution < 1.29 is 9.66 Å². The van der Waals surface area contributed by atoms with Gasteiger partial charge in [-0.15, -0.1) is 0 Å². The van der Waals surface area contributed by atoms with Crippen molar-refractivity contribution in [2.24, 2.45) is 13.0 Å². The fourth-order valence-corrected chi connectivity index (χ4v) is 2.97. The largest absolute Gasteiger partial charge is 0.378 e. The zero-order valence-electron chi connectivity index (χ0n) is 13.0. The average molecular weight is 296 g/mol. The molecule has 0 saturated carbocycles. The smallest absolute Gasteiger partial charge is 0.333 e. The number of aromatic nitrogens is 2. The van der Waals surface area contributed by atoms with Crippen LogP contribution in [0.2, 0.25) is 0 Å². The molecule has 2 unspecified atom stereocenters. The van der Waals surface area contributed by atoms with Gasteiger partial charge in [-0.05, 0) is 19.3 Å². The van der Waals surface area contributed by atoms with Gasteiger partial charge in [0.2, 0.25) is 5.82 Å². The van der Waals surface area contributed by atoms with Crippen molar-refractivity contribution >= 4 is 11.5 Å². The van der Waals surface area contributed by atoms with E-state index in [-0.39, 0.29) is 16.7 Å². The molecule has 118 valence electrons. The third-order valence-corrected chi connectivity index (χ3v) is 4.04. The summed E-state index contributed by atoms with van der Waals surface area (Å²) < 4.78 is 7.24. The highest BCUT2D eigenvalue weighted by molar-refractivity contribution is 5.59. The molecule has 1 N–H and O–H groups in total. The summed E-state index contributed by atoms with van der Waals surface area (Å²) in [5.74, 6) is 0.907. The fourth-order valence-electron chi connectivity index (χ4n) is 2.97. The molecule has 1 saturated heterocycles. The summed E-state index contributed by atoms with van der Waals surface area (Å²) >= 11 is 0. The van der Waals surface area contributed by atoms with Crippen molar-refractivity contribution in [3.63, 3.8) is 0 Å². The molecule has 1 aromatic rings. The number of anilines is 1. The second kappa shape index (κ2) is 6.89. The molecule has 0 bridgehead atoms. The Balaban J connectivity index is 2.13. The normalized spacial score (nSPS) is 21.7. The molecule has 2 heterocycles. The molecule has 7 heteroatoms. The monoisotopic (exact) mass is 296 g/mol. The van der Waals surface area contributed by atoms with E-state index in [1.165, 1.54) is 0 Å². The van der Waals surface area contributed by atoms with Crippen LogP contribution < -0.4 is 5.32 Å². The van der Waals surface area contributed by atoms with Crippen LogP contribution >= 0.6 is 0 Å². The Kier molecular flexibility index (Phi) is 5.17. The van der Waals surface area contributed by atoms with E-state index in [0.717, 1.165) is 25.9 Å². The summed E-state index contributed by atoms with van der Waals surface area (Å²) in [6.45, 7) is 5.56. The van der Waals surface area contributed by atoms with E-state index in [9.17, 15) is 10.1 Å². The molecule has 1 aliphatic heterocycles. The second-order valence-electron chi connectivity index (χ2n) is 5.52. The van der Waals surface area contributed by atoms with Gasteiger partial charge >= 0.3 is 5.69 Å². The van der Waals surface area contributed by atoms with E-state index in [2.05, 4.69) is 17.3 Å². The van der Waals surface area contributed by atoms with E-state index < -0.39 is 0 Å². The Morgan fingerprint density at radius 1 is 1.52 bits per heavy atom. The molecule has 0 spiro atoms. The summed E-state index contributed by atoms with van der Waals surface area (Å²) in [7, 11) is 1.75. The SMILES string of the molecule is CCCc1nn(C)c(NCC2CCOC2CC)c1[N+](=O)[O-]. The third kappa shape index (κ3) is 3.34. The molecule has 1 fully saturated rings. The van der Waals surface area contributed by atoms with Crippen LogP contribution in [-0.2, 0) is 18.2 Å². The molecule has 21 heavy (non-hydrogen) atoms. The number of hydrogen-bond acceptors (Lipinski definition) is 5. The fraction of sp³-hybridized carbons (Fsp3) is 0.786. The number of nitrogens with zero attached hydrogens (tertiary/aromatic N) is 3. The summed E-state index contributed by atoms with van der Waals surface area (Å²) in [5, 5.41) is 18.8. The topological polar surface area (TPSA) is 82.2 Å². The molecule has 2 atom stereocenters. The first-order chi connectivity index (χ1) is 10.1. The second-order valence-corrected chi connectivity index (χ2v) is 5.52. The maximum absolute atomic E-state index is 11.3. The molecule has 1 aromatic heterocycles. The first-order valence-corrected chi connectivity index (χ1v) is 7.64. The number of rotatable bonds is 7. The molecular formula is C14H24N4O3. The molecule has 2 rings (SSSR count). The quantitative estimate of drug-likeness (QED) is 0.617. The van der Waals surface area contributed by atoms with E-state index in [4.69, 9.17) is 4.74 Å². The van der Waals surface area contributed by atoms with Gasteiger partial charge in [-0.25, -0.2) is 4.68 Å². The van der Waals surface area contributed by atoms with Crippen molar-refractivity contribution in [2.45, 2.75) is 45.6 Å². The minimum atomic E-state index is -0.331. The molecule has 1 aliphatic rings. The Labute approximate surface area is 124 Å². The van der Waals surface area contributed by atoms with Gasteiger partial charge in [0.05, 0.1) is 11.0 Å². The van der Waals surface area contributed by atoms with Crippen LogP contribution in [0.25, 0.3) is 0 Å². The van der Waals surface area contributed by atoms with Gasteiger partial charge in [0.1, 0.15) is 5.69 Å². The number of hydrogen-bond donors (Lipinski definition) is 1. The zero-order valence-corrected chi connectivity index (χ0v) is 13.0. The Bertz CT molecular complexity index is 501. The Morgan fingerprint density at radius 2 is 2.29 bits per heavy atom. The first-order valence-electron chi connectivity index (χ1n) is 7.64. The van der Waals surface area contributed by atoms with Crippen LogP contribution in [0.5, 0.6) is 0 Å². The Hall–Kier alpha value is -1.63. The average Bonchev–Trinajstić information content (AvgIpc) is 3.00. The zero-order chi connectivity index (χ0) is 15.4. The number of nitro groups is 1. The summed E-state index contributed by atoms with van der Waals surface area (Å²) in [6, 6.07) is 0. The standard InChI is InChI=1S/C14H24N4O3/c1-4-6-11-13(18(19)20)14(17(3)16-11)15-9-10-7-8-21-12(10)5-2/h10,12,15H,4-9H2,1-3H3. The summed E-state index contributed by atoms with van der Waals surface area (Å²) in [4.78, 5) is 11.0. The van der Waals surface area contributed by atoms with Gasteiger partial charge in [-0.2, -0.15) is 5.10 Å². The van der Waals surface area contributed by atoms with Crippen LogP contribution in [0.4, 0.5) is 11.5 Å². The van der Waals surface area contributed by atoms with E-state index in [1.807, 2.05) is 6.92 Å². The lowest BCUT2D eigenvalue weighted by atomic mass is 10.00. The van der Waals surface area contributed by atoms with Gasteiger partial charge in [0.25, 0.3) is 0 Å². The van der Waals surface area contributed by atoms with Gasteiger partial charge in [-0.3, -0.25) is 10.1 Å². The van der Waals surface area contributed by atoms with E-state index in [1.54, 1.807) is 11.7 Å². The number of nitrogens with one attached hydrogen (secondary N) is 1. The summed E-state index contributed by atoms with van der Waals surface area (Å²) in [5.41, 5.74) is 0.675. The van der Waals surface area contributed by atoms with Crippen molar-refractivity contribution in [1.29, 1.82) is 0 Å². The van der Waals surface area contributed by atoms with Crippen molar-refractivity contribution in [3.8, 4) is 0 Å². The van der Waals surface area contributed by atoms with Crippen LogP contribution in [0.1, 0.15) is 38.8 Å². The third-order valence-electron chi connectivity index (χ3n) is 4.04. The minimum Gasteiger partial charge on any atom is -0.378 e. The van der Waals surface area contributed by atoms with Crippen molar-refractivity contribution in [3.05, 3.63) is 15.8 Å². The lowest BCUT2D eigenvalue weighted by molar-refractivity contribution is -0.384. The van der Waals surface area contributed by atoms with Gasteiger partial charge in [0, 0.05) is 26.1 Å². The molecule has 0 radical (unpaired) electrons. The Morgan fingerprint density at radius 3 is 2.90 bits per heavy atom. The number of aryl methyl sites for hydroxylation is 2. The van der Waals surface area contributed by atoms with Gasteiger partial charge < -0.3 is 10.1 Å². The van der Waals surface area contributed by atoms with Crippen molar-refractivity contribution in [2.75, 3.05) is 18.5 Å².